The van der Waals surface area contributed by atoms with E-state index in [1.54, 1.807) is 0 Å². The molecule has 0 radical (unpaired) electrons. The van der Waals surface area contributed by atoms with Crippen LogP contribution in [-0.4, -0.2) is 125 Å². The quantitative estimate of drug-likeness (QED) is 0.195. The van der Waals surface area contributed by atoms with E-state index in [-0.39, 0.29) is 64.9 Å². The maximum absolute atomic E-state index is 10.3. The third-order valence-corrected chi connectivity index (χ3v) is 1.63. The summed E-state index contributed by atoms with van der Waals surface area (Å²) < 4.78 is 0. The van der Waals surface area contributed by atoms with Crippen LogP contribution < -0.4 is 11.5 Å². The van der Waals surface area contributed by atoms with Crippen LogP contribution in [0.4, 0.5) is 0 Å². The van der Waals surface area contributed by atoms with Crippen molar-refractivity contribution in [1.29, 1.82) is 0 Å². The first-order chi connectivity index (χ1) is 10.3. The zero-order valence-electron chi connectivity index (χ0n) is 17.1. The van der Waals surface area contributed by atoms with E-state index >= 15 is 0 Å². The largest absolute Gasteiger partial charge is 2.00 e. The van der Waals surface area contributed by atoms with Crippen molar-refractivity contribution in [3.05, 3.63) is 0 Å². The fourth-order valence-corrected chi connectivity index (χ4v) is 0.714. The Labute approximate surface area is 179 Å². The average Bonchev–Trinajstić information content (AvgIpc) is 2.37. The van der Waals surface area contributed by atoms with Crippen molar-refractivity contribution in [1.82, 2.24) is 0 Å². The second-order valence-corrected chi connectivity index (χ2v) is 3.67. The molecular formula is C10H22Mg2N2O11. The normalized spacial score (nSPS) is 8.60. The molecule has 0 unspecified atom stereocenters. The molecule has 0 heterocycles. The minimum Gasteiger partial charge on any atom is -1.00 e. The second-order valence-electron chi connectivity index (χ2n) is 3.67. The van der Waals surface area contributed by atoms with Crippen molar-refractivity contribution in [3.8, 4) is 0 Å². The van der Waals surface area contributed by atoms with E-state index in [1.807, 2.05) is 0 Å². The number of hydrogen-bond acceptors (Lipinski definition) is 8. The average molecular weight is 395 g/mol. The molecule has 10 N–H and O–H groups in total. The van der Waals surface area contributed by atoms with Crippen LogP contribution in [0.25, 0.3) is 0 Å². The summed E-state index contributed by atoms with van der Waals surface area (Å²) in [7, 11) is 0. The van der Waals surface area contributed by atoms with Crippen LogP contribution in [0.3, 0.4) is 0 Å². The maximum Gasteiger partial charge on any atom is 2.00 e. The summed E-state index contributed by atoms with van der Waals surface area (Å²) >= 11 is 0. The van der Waals surface area contributed by atoms with Crippen LogP contribution in [0.15, 0.2) is 0 Å². The molecule has 0 aromatic rings. The number of aliphatic carboxylic acids is 5. The summed E-state index contributed by atoms with van der Waals surface area (Å²) in [6, 6.07) is 0. The van der Waals surface area contributed by atoms with Crippen molar-refractivity contribution in [2.75, 3.05) is 13.1 Å². The van der Waals surface area contributed by atoms with Gasteiger partial charge in [-0.15, -0.1) is 0 Å². The van der Waals surface area contributed by atoms with Crippen LogP contribution in [0.1, 0.15) is 18.5 Å². The first-order valence-corrected chi connectivity index (χ1v) is 5.55. The van der Waals surface area contributed by atoms with Gasteiger partial charge >= 0.3 is 76.0 Å². The number of carboxylic acid groups (broad SMARTS) is 5. The summed E-state index contributed by atoms with van der Waals surface area (Å²) in [4.78, 5) is 49.0. The first-order valence-electron chi connectivity index (χ1n) is 5.55. The van der Waals surface area contributed by atoms with Crippen LogP contribution in [0, 0.1) is 0 Å². The molecule has 142 valence electrons. The second kappa shape index (κ2) is 19.1. The molecule has 0 rings (SSSR count). The Kier molecular flexibility index (Phi) is 26.7. The van der Waals surface area contributed by atoms with Crippen molar-refractivity contribution >= 4 is 76.0 Å². The van der Waals surface area contributed by atoms with Crippen LogP contribution >= 0.6 is 0 Å². The SMILES string of the molecule is NCC(=O)O.NCC(=O)O.O=C(O)CC(O)(CC(=O)O)C(=O)O.[H-].[H-].[H-].[H-].[Mg+2].[Mg+2]. The van der Waals surface area contributed by atoms with Gasteiger partial charge in [-0.25, -0.2) is 4.79 Å². The molecule has 15 heteroatoms. The van der Waals surface area contributed by atoms with Gasteiger partial charge in [0.15, 0.2) is 5.60 Å². The molecule has 0 amide bonds. The Bertz CT molecular complexity index is 431. The van der Waals surface area contributed by atoms with Gasteiger partial charge in [0, 0.05) is 0 Å². The molecule has 0 saturated carbocycles. The molecule has 0 spiro atoms. The van der Waals surface area contributed by atoms with Crippen LogP contribution in [-0.2, 0) is 24.0 Å². The molecule has 0 bridgehead atoms. The Balaban J connectivity index is -0.0000000310. The third-order valence-electron chi connectivity index (χ3n) is 1.63. The first kappa shape index (κ1) is 35.0. The minimum atomic E-state index is -2.74. The minimum absolute atomic E-state index is 0. The van der Waals surface area contributed by atoms with Gasteiger partial charge in [0.2, 0.25) is 0 Å². The predicted molar refractivity (Wildman–Crippen MR) is 86.4 cm³/mol. The number of aliphatic hydroxyl groups is 1. The van der Waals surface area contributed by atoms with Crippen molar-refractivity contribution in [2.24, 2.45) is 11.5 Å². The van der Waals surface area contributed by atoms with Gasteiger partial charge in [0.25, 0.3) is 0 Å². The molecule has 13 nitrogen and oxygen atoms in total. The monoisotopic (exact) mass is 394 g/mol. The van der Waals surface area contributed by atoms with Crippen molar-refractivity contribution in [3.63, 3.8) is 0 Å². The summed E-state index contributed by atoms with van der Waals surface area (Å²) in [5.74, 6) is -6.95. The van der Waals surface area contributed by atoms with E-state index in [0.29, 0.717) is 0 Å². The topological polar surface area (TPSA) is 259 Å². The summed E-state index contributed by atoms with van der Waals surface area (Å²) in [5.41, 5.74) is 6.41. The molecule has 0 aliphatic carbocycles. The molecule has 0 aliphatic rings. The Morgan fingerprint density at radius 3 is 0.960 bits per heavy atom. The van der Waals surface area contributed by atoms with E-state index in [2.05, 4.69) is 11.5 Å². The smallest absolute Gasteiger partial charge is 1.00 e. The molecule has 0 aromatic carbocycles. The van der Waals surface area contributed by atoms with Gasteiger partial charge in [-0.1, -0.05) is 0 Å². The predicted octanol–water partition coefficient (Wildman–Crippen LogP) is -3.50. The number of nitrogens with two attached hydrogens (primary N) is 2. The summed E-state index contributed by atoms with van der Waals surface area (Å²) in [6.45, 7) is -0.556. The van der Waals surface area contributed by atoms with E-state index in [0.717, 1.165) is 0 Å². The van der Waals surface area contributed by atoms with Gasteiger partial charge in [0.1, 0.15) is 0 Å². The van der Waals surface area contributed by atoms with E-state index < -0.39 is 48.3 Å². The van der Waals surface area contributed by atoms with Crippen molar-refractivity contribution < 1.29 is 60.3 Å². The number of rotatable bonds is 7. The third kappa shape index (κ3) is 27.9. The molecule has 0 aromatic heterocycles. The molecule has 0 atom stereocenters. The Hall–Kier alpha value is -1.24. The molecule has 25 heavy (non-hydrogen) atoms. The number of hydrogen-bond donors (Lipinski definition) is 8. The van der Waals surface area contributed by atoms with Gasteiger partial charge in [-0.2, -0.15) is 0 Å². The Morgan fingerprint density at radius 2 is 0.880 bits per heavy atom. The summed E-state index contributed by atoms with van der Waals surface area (Å²) in [6.07, 6.45) is -2.29. The standard InChI is InChI=1S/C6H8O7.2C2H5NO2.2Mg.4H/c7-3(8)1-6(13,5(11)12)2-4(9)10;2*3-1-2(4)5;;;;;;/h13H,1-2H2,(H,7,8)(H,9,10)(H,11,12);2*1,3H2,(H,4,5);;;;;;/q;;;2*+2;4*-1. The molecule has 0 saturated heterocycles. The zero-order chi connectivity index (χ0) is 19.2. The molecule has 0 fully saturated rings. The van der Waals surface area contributed by atoms with Crippen LogP contribution in [0.2, 0.25) is 0 Å². The number of carbonyl (C=O) groups is 5. The van der Waals surface area contributed by atoms with Gasteiger partial charge in [0.05, 0.1) is 25.9 Å². The van der Waals surface area contributed by atoms with E-state index in [9.17, 15) is 24.0 Å². The van der Waals surface area contributed by atoms with E-state index in [1.165, 1.54) is 0 Å². The van der Waals surface area contributed by atoms with Crippen LogP contribution in [0.5, 0.6) is 0 Å². The molecule has 0 aliphatic heterocycles. The fourth-order valence-electron chi connectivity index (χ4n) is 0.714. The Morgan fingerprint density at radius 1 is 0.680 bits per heavy atom. The van der Waals surface area contributed by atoms with Crippen molar-refractivity contribution in [2.45, 2.75) is 18.4 Å². The molecular weight excluding hydrogens is 373 g/mol. The fraction of sp³-hybridized carbons (Fsp3) is 0.500. The van der Waals surface area contributed by atoms with Gasteiger partial charge < -0.3 is 47.8 Å². The maximum atomic E-state index is 10.3. The van der Waals surface area contributed by atoms with Gasteiger partial charge in [-0.3, -0.25) is 19.2 Å². The number of carboxylic acids is 5. The van der Waals surface area contributed by atoms with Gasteiger partial charge in [-0.05, 0) is 0 Å². The van der Waals surface area contributed by atoms with E-state index in [4.69, 9.17) is 30.6 Å². The summed E-state index contributed by atoms with van der Waals surface area (Å²) in [5, 5.41) is 49.0. The zero-order valence-corrected chi connectivity index (χ0v) is 16.0.